The topological polar surface area (TPSA) is 51.0 Å². The van der Waals surface area contributed by atoms with Gasteiger partial charge in [0.1, 0.15) is 0 Å². The number of carbonyl (C=O) groups excluding carboxylic acids is 1. The molecule has 32 heavy (non-hydrogen) atoms. The first-order chi connectivity index (χ1) is 15.4. The number of allylic oxidation sites excluding steroid dienone is 1. The summed E-state index contributed by atoms with van der Waals surface area (Å²) >= 11 is 1.44. The lowest BCUT2D eigenvalue weighted by Gasteiger charge is -2.29. The van der Waals surface area contributed by atoms with Crippen LogP contribution in [0.2, 0.25) is 0 Å². The van der Waals surface area contributed by atoms with E-state index in [2.05, 4.69) is 67.9 Å². The van der Waals surface area contributed by atoms with Crippen molar-refractivity contribution in [2.24, 2.45) is 0 Å². The van der Waals surface area contributed by atoms with Crippen molar-refractivity contribution in [2.45, 2.75) is 50.7 Å². The molecule has 0 unspecified atom stereocenters. The van der Waals surface area contributed by atoms with Crippen LogP contribution in [0, 0.1) is 0 Å². The van der Waals surface area contributed by atoms with Crippen LogP contribution in [0.3, 0.4) is 0 Å². The third-order valence-corrected chi connectivity index (χ3v) is 6.73. The predicted octanol–water partition coefficient (Wildman–Crippen LogP) is 5.50. The number of benzene rings is 2. The van der Waals surface area contributed by atoms with E-state index in [0.29, 0.717) is 12.3 Å². The average Bonchev–Trinajstić information content (AvgIpc) is 3.19. The van der Waals surface area contributed by atoms with Crippen molar-refractivity contribution in [1.82, 2.24) is 14.8 Å². The van der Waals surface area contributed by atoms with Gasteiger partial charge in [0, 0.05) is 24.3 Å². The zero-order valence-electron chi connectivity index (χ0n) is 19.0. The maximum absolute atomic E-state index is 13.0. The second-order valence-electron chi connectivity index (χ2n) is 9.10. The highest BCUT2D eigenvalue weighted by atomic mass is 32.2. The standard InChI is InChI=1S/C26H30N4OS/c1-5-16-30-24(20-12-14-21(15-13-20)26(2,3)4)27-28-25(30)32-18-23(31)29-17-8-10-19-9-6-7-11-22(19)29/h5-7,9,11-15H,1,8,10,16-18H2,2-4H3. The second-order valence-corrected chi connectivity index (χ2v) is 10.0. The fraction of sp³-hybridized carbons (Fsp3) is 0.346. The molecule has 0 radical (unpaired) electrons. The summed E-state index contributed by atoms with van der Waals surface area (Å²) in [4.78, 5) is 14.9. The lowest BCUT2D eigenvalue weighted by molar-refractivity contribution is -0.116. The highest BCUT2D eigenvalue weighted by Crippen LogP contribution is 2.30. The summed E-state index contributed by atoms with van der Waals surface area (Å²) in [5, 5.41) is 9.58. The zero-order valence-corrected chi connectivity index (χ0v) is 19.9. The van der Waals surface area contributed by atoms with Gasteiger partial charge in [-0.1, -0.05) is 81.1 Å². The number of anilines is 1. The SMILES string of the molecule is C=CCn1c(SCC(=O)N2CCCc3ccccc32)nnc1-c1ccc(C(C)(C)C)cc1. The summed E-state index contributed by atoms with van der Waals surface area (Å²) in [5.74, 6) is 1.22. The summed E-state index contributed by atoms with van der Waals surface area (Å²) in [7, 11) is 0. The molecule has 0 aliphatic carbocycles. The Kier molecular flexibility index (Phi) is 6.51. The lowest BCUT2D eigenvalue weighted by atomic mass is 9.87. The van der Waals surface area contributed by atoms with Crippen molar-refractivity contribution < 1.29 is 4.79 Å². The number of carbonyl (C=O) groups is 1. The Morgan fingerprint density at radius 2 is 1.88 bits per heavy atom. The number of thioether (sulfide) groups is 1. The van der Waals surface area contributed by atoms with Gasteiger partial charge in [0.2, 0.25) is 5.91 Å². The van der Waals surface area contributed by atoms with Crippen LogP contribution in [0.15, 0.2) is 66.3 Å². The van der Waals surface area contributed by atoms with Gasteiger partial charge in [0.25, 0.3) is 0 Å². The van der Waals surface area contributed by atoms with Crippen LogP contribution >= 0.6 is 11.8 Å². The quantitative estimate of drug-likeness (QED) is 0.371. The monoisotopic (exact) mass is 446 g/mol. The minimum Gasteiger partial charge on any atom is -0.311 e. The van der Waals surface area contributed by atoms with E-state index in [1.165, 1.54) is 22.9 Å². The Morgan fingerprint density at radius 1 is 1.12 bits per heavy atom. The zero-order chi connectivity index (χ0) is 22.7. The molecule has 2 heterocycles. The molecule has 1 aliphatic rings. The average molecular weight is 447 g/mol. The molecule has 0 saturated carbocycles. The normalized spacial score (nSPS) is 13.7. The summed E-state index contributed by atoms with van der Waals surface area (Å²) in [6.45, 7) is 11.9. The predicted molar refractivity (Wildman–Crippen MR) is 132 cm³/mol. The van der Waals surface area contributed by atoms with Crippen LogP contribution in [-0.4, -0.2) is 33.0 Å². The Balaban J connectivity index is 1.52. The molecule has 1 amide bonds. The number of nitrogens with zero attached hydrogens (tertiary/aromatic N) is 4. The van der Waals surface area contributed by atoms with Crippen molar-refractivity contribution in [2.75, 3.05) is 17.2 Å². The molecule has 1 aliphatic heterocycles. The van der Waals surface area contributed by atoms with E-state index in [9.17, 15) is 4.79 Å². The number of aryl methyl sites for hydroxylation is 1. The van der Waals surface area contributed by atoms with E-state index in [0.717, 1.165) is 41.6 Å². The molecule has 0 atom stereocenters. The molecule has 6 heteroatoms. The summed E-state index contributed by atoms with van der Waals surface area (Å²) < 4.78 is 2.03. The van der Waals surface area contributed by atoms with Gasteiger partial charge in [0.05, 0.1) is 5.75 Å². The van der Waals surface area contributed by atoms with Crippen molar-refractivity contribution >= 4 is 23.4 Å². The Hall–Kier alpha value is -2.86. The number of hydrogen-bond donors (Lipinski definition) is 0. The van der Waals surface area contributed by atoms with Gasteiger partial charge in [-0.25, -0.2) is 0 Å². The molecular formula is C26H30N4OS. The van der Waals surface area contributed by atoms with Crippen LogP contribution < -0.4 is 4.90 Å². The largest absolute Gasteiger partial charge is 0.311 e. The minimum atomic E-state index is 0.0990. The third kappa shape index (κ3) is 4.65. The van der Waals surface area contributed by atoms with E-state index >= 15 is 0 Å². The Bertz CT molecular complexity index is 1110. The molecule has 0 spiro atoms. The first-order valence-electron chi connectivity index (χ1n) is 11.0. The van der Waals surface area contributed by atoms with Crippen molar-refractivity contribution in [3.8, 4) is 11.4 Å². The maximum atomic E-state index is 13.0. The van der Waals surface area contributed by atoms with Gasteiger partial charge in [-0.2, -0.15) is 0 Å². The summed E-state index contributed by atoms with van der Waals surface area (Å²) in [5.41, 5.74) is 4.67. The molecule has 0 bridgehead atoms. The molecular weight excluding hydrogens is 416 g/mol. The number of aromatic nitrogens is 3. The lowest BCUT2D eigenvalue weighted by Crippen LogP contribution is -2.36. The van der Waals surface area contributed by atoms with Crippen LogP contribution in [0.1, 0.15) is 38.3 Å². The second kappa shape index (κ2) is 9.33. The molecule has 4 rings (SSSR count). The van der Waals surface area contributed by atoms with E-state index in [4.69, 9.17) is 0 Å². The highest BCUT2D eigenvalue weighted by molar-refractivity contribution is 7.99. The van der Waals surface area contributed by atoms with Gasteiger partial charge >= 0.3 is 0 Å². The smallest absolute Gasteiger partial charge is 0.237 e. The van der Waals surface area contributed by atoms with Crippen molar-refractivity contribution in [3.05, 3.63) is 72.3 Å². The van der Waals surface area contributed by atoms with Gasteiger partial charge in [-0.05, 0) is 35.4 Å². The molecule has 0 fully saturated rings. The number of hydrogen-bond acceptors (Lipinski definition) is 4. The number of amides is 1. The van der Waals surface area contributed by atoms with E-state index in [-0.39, 0.29) is 11.3 Å². The summed E-state index contributed by atoms with van der Waals surface area (Å²) in [6, 6.07) is 16.7. The first-order valence-corrected chi connectivity index (χ1v) is 12.0. The number of rotatable bonds is 6. The van der Waals surface area contributed by atoms with Gasteiger partial charge in [-0.15, -0.1) is 16.8 Å². The van der Waals surface area contributed by atoms with Gasteiger partial charge in [0.15, 0.2) is 11.0 Å². The molecule has 0 N–H and O–H groups in total. The molecule has 166 valence electrons. The molecule has 2 aromatic carbocycles. The summed E-state index contributed by atoms with van der Waals surface area (Å²) in [6.07, 6.45) is 3.86. The van der Waals surface area contributed by atoms with Crippen LogP contribution in [0.25, 0.3) is 11.4 Å². The number of fused-ring (bicyclic) bond motifs is 1. The molecule has 3 aromatic rings. The van der Waals surface area contributed by atoms with Gasteiger partial charge < -0.3 is 4.90 Å². The first kappa shape index (κ1) is 22.3. The molecule has 0 saturated heterocycles. The van der Waals surface area contributed by atoms with E-state index in [1.807, 2.05) is 33.7 Å². The fourth-order valence-electron chi connectivity index (χ4n) is 4.02. The third-order valence-electron chi connectivity index (χ3n) is 5.77. The molecule has 5 nitrogen and oxygen atoms in total. The fourth-order valence-corrected chi connectivity index (χ4v) is 4.84. The molecule has 1 aromatic heterocycles. The number of para-hydroxylation sites is 1. The van der Waals surface area contributed by atoms with Crippen LogP contribution in [0.4, 0.5) is 5.69 Å². The van der Waals surface area contributed by atoms with Crippen molar-refractivity contribution in [1.29, 1.82) is 0 Å². The Labute approximate surface area is 194 Å². The van der Waals surface area contributed by atoms with E-state index < -0.39 is 0 Å². The van der Waals surface area contributed by atoms with Gasteiger partial charge in [-0.3, -0.25) is 9.36 Å². The Morgan fingerprint density at radius 3 is 2.59 bits per heavy atom. The van der Waals surface area contributed by atoms with Crippen LogP contribution in [-0.2, 0) is 23.2 Å². The highest BCUT2D eigenvalue weighted by Gasteiger charge is 2.23. The van der Waals surface area contributed by atoms with Crippen molar-refractivity contribution in [3.63, 3.8) is 0 Å². The van der Waals surface area contributed by atoms with E-state index in [1.54, 1.807) is 0 Å². The minimum absolute atomic E-state index is 0.0990. The maximum Gasteiger partial charge on any atom is 0.237 e. The van der Waals surface area contributed by atoms with Crippen LogP contribution in [0.5, 0.6) is 0 Å².